The number of primary amides is 1. The van der Waals surface area contributed by atoms with Crippen molar-refractivity contribution >= 4 is 45.0 Å². The van der Waals surface area contributed by atoms with Crippen molar-refractivity contribution in [3.05, 3.63) is 165 Å². The number of aliphatic hydroxyl groups excluding tert-OH is 1. The molecule has 7 N–H and O–H groups in total. The molecule has 0 aliphatic rings. The van der Waals surface area contributed by atoms with Crippen molar-refractivity contribution < 1.29 is 29.3 Å². The van der Waals surface area contributed by atoms with Gasteiger partial charge in [-0.3, -0.25) is 19.4 Å². The second-order valence-electron chi connectivity index (χ2n) is 14.9. The Balaban J connectivity index is 0.917. The number of amides is 2. The van der Waals surface area contributed by atoms with Crippen molar-refractivity contribution in [2.45, 2.75) is 25.9 Å². The monoisotopic (exact) mass is 820 g/mol. The summed E-state index contributed by atoms with van der Waals surface area (Å²) in [6, 6.07) is 32.9. The SMILES string of the molecule is COc1cccc(Nc2c(C(N)=O)cnc3c(C)cc(Cc4cccc(C(=O)N(C)CCOc5ccc(CCNC[C@H](O)c6ccc(O)c7[nH]c(=O)ccc67)cc5)c4)cc23)c1. The minimum Gasteiger partial charge on any atom is -0.506 e. The van der Waals surface area contributed by atoms with E-state index in [1.807, 2.05) is 79.7 Å². The molecule has 0 saturated heterocycles. The summed E-state index contributed by atoms with van der Waals surface area (Å²) in [5.41, 5.74) is 13.2. The molecule has 5 aromatic carbocycles. The lowest BCUT2D eigenvalue weighted by Crippen LogP contribution is -2.30. The number of hydrogen-bond donors (Lipinski definition) is 6. The largest absolute Gasteiger partial charge is 0.506 e. The number of likely N-dealkylation sites (N-methyl/N-ethyl adjacent to an activating group) is 1. The Morgan fingerprint density at radius 2 is 1.70 bits per heavy atom. The molecule has 312 valence electrons. The first kappa shape index (κ1) is 41.9. The number of aryl methyl sites for hydroxylation is 1. The molecule has 1 atom stereocenters. The number of nitrogens with zero attached hydrogens (tertiary/aromatic N) is 2. The molecule has 2 amide bonds. The summed E-state index contributed by atoms with van der Waals surface area (Å²) in [5.74, 6) is 0.592. The number of carbonyl (C=O) groups is 2. The van der Waals surface area contributed by atoms with E-state index in [1.54, 1.807) is 37.3 Å². The van der Waals surface area contributed by atoms with E-state index in [-0.39, 0.29) is 22.8 Å². The lowest BCUT2D eigenvalue weighted by Gasteiger charge is -2.18. The minimum absolute atomic E-state index is 0.0476. The number of rotatable bonds is 17. The third-order valence-electron chi connectivity index (χ3n) is 10.6. The zero-order valence-corrected chi connectivity index (χ0v) is 34.2. The van der Waals surface area contributed by atoms with Gasteiger partial charge in [0, 0.05) is 53.9 Å². The molecule has 0 radical (unpaired) electrons. The third-order valence-corrected chi connectivity index (χ3v) is 10.6. The van der Waals surface area contributed by atoms with Crippen LogP contribution in [0.15, 0.2) is 120 Å². The van der Waals surface area contributed by atoms with E-state index in [0.29, 0.717) is 71.9 Å². The maximum absolute atomic E-state index is 13.5. The van der Waals surface area contributed by atoms with Gasteiger partial charge >= 0.3 is 0 Å². The van der Waals surface area contributed by atoms with Crippen LogP contribution >= 0.6 is 0 Å². The summed E-state index contributed by atoms with van der Waals surface area (Å²) in [6.07, 6.45) is 1.93. The van der Waals surface area contributed by atoms with E-state index in [0.717, 1.165) is 45.3 Å². The molecule has 2 aromatic heterocycles. The molecule has 0 aliphatic carbocycles. The van der Waals surface area contributed by atoms with Gasteiger partial charge in [0.05, 0.1) is 42.0 Å². The van der Waals surface area contributed by atoms with E-state index in [4.69, 9.17) is 15.2 Å². The first-order chi connectivity index (χ1) is 29.5. The van der Waals surface area contributed by atoms with Crippen LogP contribution in [0.4, 0.5) is 11.4 Å². The number of methoxy groups -OCH3 is 1. The summed E-state index contributed by atoms with van der Waals surface area (Å²) in [6.45, 7) is 3.59. The minimum atomic E-state index is -0.833. The number of H-pyrrole nitrogens is 1. The van der Waals surface area contributed by atoms with Gasteiger partial charge in [0.25, 0.3) is 11.8 Å². The number of pyridine rings is 2. The van der Waals surface area contributed by atoms with E-state index in [2.05, 4.69) is 26.7 Å². The van der Waals surface area contributed by atoms with Gasteiger partial charge in [-0.15, -0.1) is 0 Å². The summed E-state index contributed by atoms with van der Waals surface area (Å²) in [4.78, 5) is 46.6. The topological polar surface area (TPSA) is 192 Å². The van der Waals surface area contributed by atoms with E-state index < -0.39 is 12.0 Å². The van der Waals surface area contributed by atoms with Gasteiger partial charge in [0.2, 0.25) is 5.56 Å². The van der Waals surface area contributed by atoms with E-state index >= 15 is 0 Å². The molecule has 0 fully saturated rings. The number of aliphatic hydroxyl groups is 1. The molecule has 0 unspecified atom stereocenters. The van der Waals surface area contributed by atoms with Crippen LogP contribution in [-0.2, 0) is 12.8 Å². The average Bonchev–Trinajstić information content (AvgIpc) is 3.26. The van der Waals surface area contributed by atoms with Crippen molar-refractivity contribution in [1.29, 1.82) is 0 Å². The van der Waals surface area contributed by atoms with Crippen LogP contribution in [0.3, 0.4) is 0 Å². The van der Waals surface area contributed by atoms with Crippen LogP contribution in [0.1, 0.15) is 54.6 Å². The van der Waals surface area contributed by atoms with Crippen molar-refractivity contribution in [1.82, 2.24) is 20.2 Å². The maximum Gasteiger partial charge on any atom is 0.253 e. The first-order valence-corrected chi connectivity index (χ1v) is 19.9. The fourth-order valence-electron chi connectivity index (χ4n) is 7.38. The Hall–Kier alpha value is -7.22. The number of ether oxygens (including phenoxy) is 2. The fourth-order valence-corrected chi connectivity index (χ4v) is 7.38. The highest BCUT2D eigenvalue weighted by molar-refractivity contribution is 6.08. The van der Waals surface area contributed by atoms with Gasteiger partial charge < -0.3 is 45.9 Å². The van der Waals surface area contributed by atoms with Crippen molar-refractivity contribution in [2.75, 3.05) is 45.7 Å². The summed E-state index contributed by atoms with van der Waals surface area (Å²) >= 11 is 0. The van der Waals surface area contributed by atoms with Crippen LogP contribution in [0.2, 0.25) is 0 Å². The normalized spacial score (nSPS) is 11.7. The average molecular weight is 821 g/mol. The van der Waals surface area contributed by atoms with Crippen molar-refractivity contribution in [3.8, 4) is 17.2 Å². The second kappa shape index (κ2) is 18.8. The van der Waals surface area contributed by atoms with E-state index in [1.165, 1.54) is 18.3 Å². The fraction of sp³-hybridized carbons (Fsp3) is 0.208. The molecule has 13 heteroatoms. The third kappa shape index (κ3) is 9.98. The number of nitrogens with two attached hydrogens (primary N) is 1. The number of nitrogens with one attached hydrogen (secondary N) is 3. The molecule has 2 heterocycles. The zero-order valence-electron chi connectivity index (χ0n) is 34.2. The molecule has 7 rings (SSSR count). The number of benzene rings is 5. The Labute approximate surface area is 352 Å². The van der Waals surface area contributed by atoms with Crippen LogP contribution in [-0.4, -0.2) is 77.3 Å². The number of aromatic nitrogens is 2. The van der Waals surface area contributed by atoms with Crippen molar-refractivity contribution in [2.24, 2.45) is 5.73 Å². The lowest BCUT2D eigenvalue weighted by molar-refractivity contribution is 0.0773. The highest BCUT2D eigenvalue weighted by atomic mass is 16.5. The molecule has 0 spiro atoms. The zero-order chi connectivity index (χ0) is 43.0. The Morgan fingerprint density at radius 3 is 2.49 bits per heavy atom. The number of hydrogen-bond acceptors (Lipinski definition) is 10. The molecular weight excluding hydrogens is 773 g/mol. The van der Waals surface area contributed by atoms with Crippen molar-refractivity contribution in [3.63, 3.8) is 0 Å². The molecule has 0 saturated carbocycles. The smallest absolute Gasteiger partial charge is 0.253 e. The standard InChI is InChI=1S/C48H48N6O7/c1-29-22-32(25-39-44(29)51-27-40(47(49)58)45(39)52-34-8-5-9-36(26-34)60-3)23-31-6-4-7-33(24-31)48(59)54(2)20-21-61-35-12-10-30(11-13-35)18-19-50-28-42(56)37-14-16-41(55)46-38(37)15-17-43(57)53-46/h4-17,22,24-27,42,50,55-56H,18-21,23,28H2,1-3H3,(H2,49,58)(H,51,52)(H,53,57)/t42-/m0/s1. The highest BCUT2D eigenvalue weighted by Crippen LogP contribution is 2.33. The number of aromatic hydroxyl groups is 1. The van der Waals surface area contributed by atoms with Gasteiger partial charge in [0.15, 0.2) is 0 Å². The summed E-state index contributed by atoms with van der Waals surface area (Å²) < 4.78 is 11.4. The molecule has 0 bridgehead atoms. The van der Waals surface area contributed by atoms with E-state index in [9.17, 15) is 24.6 Å². The number of phenolic OH excluding ortho intramolecular Hbond substituents is 1. The van der Waals surface area contributed by atoms with Gasteiger partial charge in [-0.1, -0.05) is 42.5 Å². The number of phenols is 1. The number of anilines is 2. The number of carbonyl (C=O) groups excluding carboxylic acids is 2. The molecular formula is C48H48N6O7. The quantitative estimate of drug-likeness (QED) is 0.0550. The Bertz CT molecular complexity index is 2770. The van der Waals surface area contributed by atoms with Crippen LogP contribution in [0.25, 0.3) is 21.8 Å². The number of fused-ring (bicyclic) bond motifs is 2. The molecule has 7 aromatic rings. The summed E-state index contributed by atoms with van der Waals surface area (Å²) in [7, 11) is 3.35. The molecule has 61 heavy (non-hydrogen) atoms. The van der Waals surface area contributed by atoms with Crippen LogP contribution < -0.4 is 31.4 Å². The number of aromatic amines is 1. The van der Waals surface area contributed by atoms with Gasteiger partial charge in [-0.25, -0.2) is 0 Å². The first-order valence-electron chi connectivity index (χ1n) is 19.9. The van der Waals surface area contributed by atoms with Gasteiger partial charge in [-0.05, 0) is 109 Å². The lowest BCUT2D eigenvalue weighted by atomic mass is 9.97. The maximum atomic E-state index is 13.5. The van der Waals surface area contributed by atoms with Gasteiger partial charge in [0.1, 0.15) is 23.9 Å². The Kier molecular flexibility index (Phi) is 12.9. The second-order valence-corrected chi connectivity index (χ2v) is 14.9. The van der Waals surface area contributed by atoms with Gasteiger partial charge in [-0.2, -0.15) is 0 Å². The predicted octanol–water partition coefficient (Wildman–Crippen LogP) is 6.55. The Morgan fingerprint density at radius 1 is 0.902 bits per heavy atom. The van der Waals surface area contributed by atoms with Crippen LogP contribution in [0, 0.1) is 6.92 Å². The molecule has 0 aliphatic heterocycles. The molecule has 13 nitrogen and oxygen atoms in total. The predicted molar refractivity (Wildman–Crippen MR) is 237 cm³/mol. The van der Waals surface area contributed by atoms with Crippen LogP contribution in [0.5, 0.6) is 17.2 Å². The summed E-state index contributed by atoms with van der Waals surface area (Å²) in [5, 5.41) is 28.9. The highest BCUT2D eigenvalue weighted by Gasteiger charge is 2.18.